The zero-order chi connectivity index (χ0) is 15.8. The third-order valence-electron chi connectivity index (χ3n) is 4.94. The number of piperazine rings is 1. The molecule has 7 heteroatoms. The van der Waals surface area contributed by atoms with Gasteiger partial charge in [-0.1, -0.05) is 0 Å². The molecule has 2 aromatic heterocycles. The lowest BCUT2D eigenvalue weighted by Gasteiger charge is -2.37. The number of thiophene rings is 1. The van der Waals surface area contributed by atoms with Gasteiger partial charge < -0.3 is 9.80 Å². The smallest absolute Gasteiger partial charge is 0.240 e. The van der Waals surface area contributed by atoms with Crippen LogP contribution in [0.4, 0.5) is 5.82 Å². The summed E-state index contributed by atoms with van der Waals surface area (Å²) in [4.78, 5) is 29.0. The first-order valence-corrected chi connectivity index (χ1v) is 9.04. The molecular formula is C16H21N5OS. The Bertz CT molecular complexity index is 709. The van der Waals surface area contributed by atoms with E-state index in [0.29, 0.717) is 5.91 Å². The standard InChI is InChI=1S/C16H21N5OS/c1-19-5-2-3-13(19)16(22)21-8-6-20(7-9-21)14-12-4-10-23-15(12)18-11-17-14/h4,10-11,13H,2-3,5-9H2,1H3. The summed E-state index contributed by atoms with van der Waals surface area (Å²) in [6, 6.07) is 2.17. The Morgan fingerprint density at radius 2 is 2.04 bits per heavy atom. The number of anilines is 1. The van der Waals surface area contributed by atoms with E-state index in [4.69, 9.17) is 0 Å². The lowest BCUT2D eigenvalue weighted by atomic mass is 10.1. The van der Waals surface area contributed by atoms with Crippen molar-refractivity contribution in [3.63, 3.8) is 0 Å². The van der Waals surface area contributed by atoms with Gasteiger partial charge in [0.2, 0.25) is 5.91 Å². The van der Waals surface area contributed by atoms with Crippen LogP contribution in [0.25, 0.3) is 10.2 Å². The number of nitrogens with zero attached hydrogens (tertiary/aromatic N) is 5. The van der Waals surface area contributed by atoms with E-state index in [-0.39, 0.29) is 6.04 Å². The first kappa shape index (κ1) is 14.8. The summed E-state index contributed by atoms with van der Waals surface area (Å²) in [6.45, 7) is 4.26. The predicted octanol–water partition coefficient (Wildman–Crippen LogP) is 1.43. The second kappa shape index (κ2) is 6.05. The molecule has 0 bridgehead atoms. The average Bonchev–Trinajstić information content (AvgIpc) is 3.22. The third-order valence-corrected chi connectivity index (χ3v) is 5.76. The van der Waals surface area contributed by atoms with Gasteiger partial charge in [0.15, 0.2) is 0 Å². The average molecular weight is 331 g/mol. The fourth-order valence-electron chi connectivity index (χ4n) is 3.60. The molecule has 1 amide bonds. The van der Waals surface area contributed by atoms with Crippen LogP contribution in [0.5, 0.6) is 0 Å². The summed E-state index contributed by atoms with van der Waals surface area (Å²) in [5.74, 6) is 1.30. The highest BCUT2D eigenvalue weighted by Crippen LogP contribution is 2.27. The van der Waals surface area contributed by atoms with E-state index in [0.717, 1.165) is 61.6 Å². The topological polar surface area (TPSA) is 52.6 Å². The summed E-state index contributed by atoms with van der Waals surface area (Å²) in [6.07, 6.45) is 3.76. The molecule has 0 N–H and O–H groups in total. The van der Waals surface area contributed by atoms with E-state index < -0.39 is 0 Å². The zero-order valence-electron chi connectivity index (χ0n) is 13.3. The molecule has 0 saturated carbocycles. The number of hydrogen-bond acceptors (Lipinski definition) is 6. The van der Waals surface area contributed by atoms with Gasteiger partial charge in [0.05, 0.1) is 11.4 Å². The second-order valence-electron chi connectivity index (χ2n) is 6.29. The number of amides is 1. The maximum absolute atomic E-state index is 12.7. The maximum Gasteiger partial charge on any atom is 0.240 e. The Morgan fingerprint density at radius 3 is 2.78 bits per heavy atom. The van der Waals surface area contributed by atoms with E-state index in [9.17, 15) is 4.79 Å². The summed E-state index contributed by atoms with van der Waals surface area (Å²) >= 11 is 1.64. The van der Waals surface area contributed by atoms with E-state index in [1.54, 1.807) is 17.7 Å². The number of rotatable bonds is 2. The van der Waals surface area contributed by atoms with Crippen LogP contribution >= 0.6 is 11.3 Å². The van der Waals surface area contributed by atoms with Crippen molar-refractivity contribution < 1.29 is 4.79 Å². The number of carbonyl (C=O) groups is 1. The van der Waals surface area contributed by atoms with Crippen molar-refractivity contribution in [2.24, 2.45) is 0 Å². The molecule has 122 valence electrons. The number of fused-ring (bicyclic) bond motifs is 1. The monoisotopic (exact) mass is 331 g/mol. The molecule has 0 aliphatic carbocycles. The molecule has 23 heavy (non-hydrogen) atoms. The van der Waals surface area contributed by atoms with Crippen LogP contribution in [0.3, 0.4) is 0 Å². The number of carbonyl (C=O) groups excluding carboxylic acids is 1. The number of hydrogen-bond donors (Lipinski definition) is 0. The molecule has 1 unspecified atom stereocenters. The second-order valence-corrected chi connectivity index (χ2v) is 7.18. The van der Waals surface area contributed by atoms with Gasteiger partial charge in [-0.15, -0.1) is 11.3 Å². The van der Waals surface area contributed by atoms with Crippen molar-refractivity contribution in [3.8, 4) is 0 Å². The number of likely N-dealkylation sites (tertiary alicyclic amines) is 1. The quantitative estimate of drug-likeness (QED) is 0.833. The van der Waals surface area contributed by atoms with Gasteiger partial charge in [-0.3, -0.25) is 9.69 Å². The van der Waals surface area contributed by atoms with Crippen molar-refractivity contribution in [3.05, 3.63) is 17.8 Å². The van der Waals surface area contributed by atoms with E-state index in [1.807, 2.05) is 4.90 Å². The van der Waals surface area contributed by atoms with E-state index in [2.05, 4.69) is 38.3 Å². The minimum Gasteiger partial charge on any atom is -0.352 e. The first-order valence-electron chi connectivity index (χ1n) is 8.16. The van der Waals surface area contributed by atoms with E-state index >= 15 is 0 Å². The van der Waals surface area contributed by atoms with Crippen LogP contribution in [-0.4, -0.2) is 71.5 Å². The van der Waals surface area contributed by atoms with Gasteiger partial charge in [-0.05, 0) is 37.9 Å². The van der Waals surface area contributed by atoms with Crippen molar-refractivity contribution in [1.29, 1.82) is 0 Å². The normalized spacial score (nSPS) is 22.9. The Labute approximate surface area is 139 Å². The lowest BCUT2D eigenvalue weighted by Crippen LogP contribution is -2.53. The van der Waals surface area contributed by atoms with Gasteiger partial charge in [0.25, 0.3) is 0 Å². The highest BCUT2D eigenvalue weighted by Gasteiger charge is 2.33. The predicted molar refractivity (Wildman–Crippen MR) is 91.9 cm³/mol. The Balaban J connectivity index is 1.45. The molecular weight excluding hydrogens is 310 g/mol. The molecule has 6 nitrogen and oxygen atoms in total. The Morgan fingerprint density at radius 1 is 1.22 bits per heavy atom. The van der Waals surface area contributed by atoms with Crippen LogP contribution in [0.2, 0.25) is 0 Å². The summed E-state index contributed by atoms with van der Waals surface area (Å²) < 4.78 is 0. The first-order chi connectivity index (χ1) is 11.2. The zero-order valence-corrected chi connectivity index (χ0v) is 14.1. The van der Waals surface area contributed by atoms with Crippen LogP contribution < -0.4 is 4.90 Å². The van der Waals surface area contributed by atoms with Gasteiger partial charge in [0, 0.05) is 26.2 Å². The molecule has 0 aromatic carbocycles. The molecule has 0 radical (unpaired) electrons. The number of likely N-dealkylation sites (N-methyl/N-ethyl adjacent to an activating group) is 1. The van der Waals surface area contributed by atoms with Crippen molar-refractivity contribution >= 4 is 33.3 Å². The SMILES string of the molecule is CN1CCCC1C(=O)N1CCN(c2ncnc3sccc23)CC1. The molecule has 2 fully saturated rings. The highest BCUT2D eigenvalue weighted by molar-refractivity contribution is 7.16. The molecule has 1 atom stereocenters. The van der Waals surface area contributed by atoms with Crippen molar-refractivity contribution in [1.82, 2.24) is 19.8 Å². The fourth-order valence-corrected chi connectivity index (χ4v) is 4.33. The van der Waals surface area contributed by atoms with Crippen LogP contribution in [0, 0.1) is 0 Å². The Kier molecular flexibility index (Phi) is 3.90. The van der Waals surface area contributed by atoms with Crippen LogP contribution in [0.15, 0.2) is 17.8 Å². The van der Waals surface area contributed by atoms with Crippen LogP contribution in [0.1, 0.15) is 12.8 Å². The maximum atomic E-state index is 12.7. The Hall–Kier alpha value is -1.73. The molecule has 2 aliphatic rings. The molecule has 4 heterocycles. The molecule has 4 rings (SSSR count). The summed E-state index contributed by atoms with van der Waals surface area (Å²) in [5.41, 5.74) is 0. The van der Waals surface area contributed by atoms with Crippen LogP contribution in [-0.2, 0) is 4.79 Å². The fraction of sp³-hybridized carbons (Fsp3) is 0.562. The number of aromatic nitrogens is 2. The molecule has 2 saturated heterocycles. The van der Waals surface area contributed by atoms with Gasteiger partial charge in [0.1, 0.15) is 17.0 Å². The van der Waals surface area contributed by atoms with Gasteiger partial charge in [-0.2, -0.15) is 0 Å². The van der Waals surface area contributed by atoms with Gasteiger partial charge in [-0.25, -0.2) is 9.97 Å². The highest BCUT2D eigenvalue weighted by atomic mass is 32.1. The largest absolute Gasteiger partial charge is 0.352 e. The van der Waals surface area contributed by atoms with Crippen molar-refractivity contribution in [2.45, 2.75) is 18.9 Å². The minimum absolute atomic E-state index is 0.0872. The van der Waals surface area contributed by atoms with Gasteiger partial charge >= 0.3 is 0 Å². The molecule has 2 aliphatic heterocycles. The molecule has 0 spiro atoms. The van der Waals surface area contributed by atoms with Crippen molar-refractivity contribution in [2.75, 3.05) is 44.7 Å². The lowest BCUT2D eigenvalue weighted by molar-refractivity contribution is -0.135. The summed E-state index contributed by atoms with van der Waals surface area (Å²) in [5, 5.41) is 3.17. The third kappa shape index (κ3) is 2.68. The van der Waals surface area contributed by atoms with E-state index in [1.165, 1.54) is 0 Å². The molecule has 2 aromatic rings. The summed E-state index contributed by atoms with van der Waals surface area (Å²) in [7, 11) is 2.06. The minimum atomic E-state index is 0.0872.